The van der Waals surface area contributed by atoms with E-state index in [0.717, 1.165) is 38.6 Å². The average molecular weight is 269 g/mol. The summed E-state index contributed by atoms with van der Waals surface area (Å²) in [6.45, 7) is 5.15. The van der Waals surface area contributed by atoms with Crippen molar-refractivity contribution in [3.63, 3.8) is 0 Å². The van der Waals surface area contributed by atoms with Crippen LogP contribution in [0.25, 0.3) is 0 Å². The van der Waals surface area contributed by atoms with E-state index in [4.69, 9.17) is 5.73 Å². The summed E-state index contributed by atoms with van der Waals surface area (Å²) in [6, 6.07) is 0.404. The number of hydrogen-bond acceptors (Lipinski definition) is 3. The van der Waals surface area contributed by atoms with Crippen molar-refractivity contribution in [2.45, 2.75) is 64.0 Å². The van der Waals surface area contributed by atoms with Gasteiger partial charge in [-0.15, -0.1) is 0 Å². The first-order valence-corrected chi connectivity index (χ1v) is 7.54. The van der Waals surface area contributed by atoms with Crippen molar-refractivity contribution < 1.29 is 4.79 Å². The Balaban J connectivity index is 2.35. The fourth-order valence-corrected chi connectivity index (χ4v) is 2.89. The summed E-state index contributed by atoms with van der Waals surface area (Å²) in [5.74, 6) is 0.750. The Hall–Kier alpha value is -0.610. The summed E-state index contributed by atoms with van der Waals surface area (Å²) < 4.78 is 0. The van der Waals surface area contributed by atoms with Gasteiger partial charge >= 0.3 is 0 Å². The minimum Gasteiger partial charge on any atom is -0.354 e. The molecule has 1 rings (SSSR count). The van der Waals surface area contributed by atoms with Crippen LogP contribution in [-0.2, 0) is 4.79 Å². The van der Waals surface area contributed by atoms with Crippen LogP contribution in [0.4, 0.5) is 0 Å². The Morgan fingerprint density at radius 1 is 1.32 bits per heavy atom. The van der Waals surface area contributed by atoms with Crippen molar-refractivity contribution >= 4 is 5.91 Å². The highest BCUT2D eigenvalue weighted by molar-refractivity contribution is 5.77. The van der Waals surface area contributed by atoms with E-state index in [0.29, 0.717) is 18.4 Å². The van der Waals surface area contributed by atoms with Gasteiger partial charge in [-0.05, 0) is 39.3 Å². The van der Waals surface area contributed by atoms with E-state index < -0.39 is 0 Å². The summed E-state index contributed by atoms with van der Waals surface area (Å²) in [4.78, 5) is 14.2. The molecule has 1 amide bonds. The number of nitrogens with two attached hydrogens (primary N) is 1. The number of hydrogen-bond donors (Lipinski definition) is 2. The maximum atomic E-state index is 12.0. The number of likely N-dealkylation sites (N-methyl/N-ethyl adjacent to an activating group) is 1. The van der Waals surface area contributed by atoms with E-state index in [1.807, 2.05) is 0 Å². The molecule has 0 aromatic heterocycles. The fraction of sp³-hybridized carbons (Fsp3) is 0.933. The lowest BCUT2D eigenvalue weighted by atomic mass is 9.94. The number of carbonyl (C=O) groups excluding carboxylic acids is 1. The van der Waals surface area contributed by atoms with Gasteiger partial charge in [0.25, 0.3) is 0 Å². The maximum Gasteiger partial charge on any atom is 0.221 e. The molecule has 0 radical (unpaired) electrons. The molecule has 1 saturated carbocycles. The molecule has 4 nitrogen and oxygen atoms in total. The lowest BCUT2D eigenvalue weighted by molar-refractivity contribution is -0.122. The van der Waals surface area contributed by atoms with Crippen LogP contribution in [0, 0.1) is 5.92 Å². The van der Waals surface area contributed by atoms with Gasteiger partial charge in [0, 0.05) is 24.5 Å². The first kappa shape index (κ1) is 16.4. The van der Waals surface area contributed by atoms with Gasteiger partial charge in [0.05, 0.1) is 0 Å². The fourth-order valence-electron chi connectivity index (χ4n) is 2.89. The standard InChI is InChI=1S/C15H31N3O/c1-12(2)9-13(18(3)4)11-17-14(19)10-15(16)7-5-6-8-15/h12-13H,5-11,16H2,1-4H3,(H,17,19). The highest BCUT2D eigenvalue weighted by Gasteiger charge is 2.31. The third-order valence-electron chi connectivity index (χ3n) is 4.12. The second-order valence-corrected chi connectivity index (χ2v) is 6.80. The van der Waals surface area contributed by atoms with Gasteiger partial charge in [-0.3, -0.25) is 4.79 Å². The zero-order valence-electron chi connectivity index (χ0n) is 13.0. The van der Waals surface area contributed by atoms with E-state index in [2.05, 4.69) is 38.2 Å². The van der Waals surface area contributed by atoms with Crippen LogP contribution in [0.5, 0.6) is 0 Å². The molecule has 0 aromatic carbocycles. The average Bonchev–Trinajstić information content (AvgIpc) is 2.70. The molecular weight excluding hydrogens is 238 g/mol. The smallest absolute Gasteiger partial charge is 0.221 e. The summed E-state index contributed by atoms with van der Waals surface area (Å²) in [6.07, 6.45) is 5.89. The van der Waals surface area contributed by atoms with E-state index in [1.54, 1.807) is 0 Å². The van der Waals surface area contributed by atoms with Crippen LogP contribution in [0.15, 0.2) is 0 Å². The van der Waals surface area contributed by atoms with Gasteiger partial charge in [0.15, 0.2) is 0 Å². The van der Waals surface area contributed by atoms with Gasteiger partial charge in [-0.2, -0.15) is 0 Å². The summed E-state index contributed by atoms with van der Waals surface area (Å²) in [5, 5.41) is 3.06. The monoisotopic (exact) mass is 269 g/mol. The lowest BCUT2D eigenvalue weighted by Crippen LogP contribution is -2.45. The number of nitrogens with one attached hydrogen (secondary N) is 1. The zero-order valence-corrected chi connectivity index (χ0v) is 13.0. The summed E-state index contributed by atoms with van der Waals surface area (Å²) in [7, 11) is 4.14. The molecule has 19 heavy (non-hydrogen) atoms. The van der Waals surface area contributed by atoms with Crippen LogP contribution >= 0.6 is 0 Å². The molecule has 1 atom stereocenters. The molecule has 0 bridgehead atoms. The number of rotatable bonds is 7. The Morgan fingerprint density at radius 3 is 2.37 bits per heavy atom. The van der Waals surface area contributed by atoms with Gasteiger partial charge in [-0.25, -0.2) is 0 Å². The number of carbonyl (C=O) groups is 1. The van der Waals surface area contributed by atoms with E-state index in [-0.39, 0.29) is 11.4 Å². The first-order chi connectivity index (χ1) is 8.82. The number of nitrogens with zero attached hydrogens (tertiary/aromatic N) is 1. The first-order valence-electron chi connectivity index (χ1n) is 7.54. The van der Waals surface area contributed by atoms with Crippen LogP contribution in [0.3, 0.4) is 0 Å². The highest BCUT2D eigenvalue weighted by atomic mass is 16.1. The van der Waals surface area contributed by atoms with Crippen molar-refractivity contribution in [1.82, 2.24) is 10.2 Å². The van der Waals surface area contributed by atoms with Gasteiger partial charge < -0.3 is 16.0 Å². The van der Waals surface area contributed by atoms with Gasteiger partial charge in [-0.1, -0.05) is 26.7 Å². The largest absolute Gasteiger partial charge is 0.354 e. The summed E-state index contributed by atoms with van der Waals surface area (Å²) >= 11 is 0. The SMILES string of the molecule is CC(C)CC(CNC(=O)CC1(N)CCCC1)N(C)C. The third-order valence-corrected chi connectivity index (χ3v) is 4.12. The second kappa shape index (κ2) is 7.25. The quantitative estimate of drug-likeness (QED) is 0.740. The Kier molecular flexibility index (Phi) is 6.27. The third kappa shape index (κ3) is 5.91. The molecular formula is C15H31N3O. The molecule has 0 aromatic rings. The van der Waals surface area contributed by atoms with Gasteiger partial charge in [0.2, 0.25) is 5.91 Å². The molecule has 0 aliphatic heterocycles. The normalized spacial score (nSPS) is 19.9. The van der Waals surface area contributed by atoms with Crippen LogP contribution < -0.4 is 11.1 Å². The van der Waals surface area contributed by atoms with Gasteiger partial charge in [0.1, 0.15) is 0 Å². The van der Waals surface area contributed by atoms with Crippen molar-refractivity contribution in [1.29, 1.82) is 0 Å². The molecule has 112 valence electrons. The molecule has 0 heterocycles. The van der Waals surface area contributed by atoms with Crippen molar-refractivity contribution in [3.05, 3.63) is 0 Å². The van der Waals surface area contributed by atoms with Crippen molar-refractivity contribution in [3.8, 4) is 0 Å². The molecule has 0 spiro atoms. The Bertz CT molecular complexity index is 283. The molecule has 4 heteroatoms. The van der Waals surface area contributed by atoms with E-state index in [9.17, 15) is 4.79 Å². The second-order valence-electron chi connectivity index (χ2n) is 6.80. The lowest BCUT2D eigenvalue weighted by Gasteiger charge is -2.27. The Labute approximate surface area is 118 Å². The maximum absolute atomic E-state index is 12.0. The molecule has 1 fully saturated rings. The van der Waals surface area contributed by atoms with Crippen LogP contribution in [0.1, 0.15) is 52.4 Å². The molecule has 1 aliphatic carbocycles. The Morgan fingerprint density at radius 2 is 1.89 bits per heavy atom. The van der Waals surface area contributed by atoms with Crippen LogP contribution in [-0.4, -0.2) is 43.0 Å². The topological polar surface area (TPSA) is 58.4 Å². The highest BCUT2D eigenvalue weighted by Crippen LogP contribution is 2.29. The van der Waals surface area contributed by atoms with Crippen molar-refractivity contribution in [2.24, 2.45) is 11.7 Å². The van der Waals surface area contributed by atoms with Crippen LogP contribution in [0.2, 0.25) is 0 Å². The minimum atomic E-state index is -0.240. The molecule has 0 saturated heterocycles. The number of amides is 1. The van der Waals surface area contributed by atoms with E-state index in [1.165, 1.54) is 0 Å². The molecule has 1 aliphatic rings. The predicted octanol–water partition coefficient (Wildman–Crippen LogP) is 1.74. The predicted molar refractivity (Wildman–Crippen MR) is 79.9 cm³/mol. The molecule has 3 N–H and O–H groups in total. The molecule has 1 unspecified atom stereocenters. The summed E-state index contributed by atoms with van der Waals surface area (Å²) in [5.41, 5.74) is 6.00. The minimum absolute atomic E-state index is 0.111. The van der Waals surface area contributed by atoms with E-state index >= 15 is 0 Å². The zero-order chi connectivity index (χ0) is 14.5. The van der Waals surface area contributed by atoms with Crippen molar-refractivity contribution in [2.75, 3.05) is 20.6 Å².